The van der Waals surface area contributed by atoms with Crippen molar-refractivity contribution in [2.45, 2.75) is 40.5 Å². The second-order valence-electron chi connectivity index (χ2n) is 3.71. The van der Waals surface area contributed by atoms with Crippen LogP contribution in [0.5, 0.6) is 0 Å². The Balaban J connectivity index is 0.000000673. The number of carbonyl (C=O) groups excluding carboxylic acids is 1. The van der Waals surface area contributed by atoms with Gasteiger partial charge >= 0.3 is 5.97 Å². The van der Waals surface area contributed by atoms with Gasteiger partial charge in [-0.05, 0) is 25.5 Å². The Morgan fingerprint density at radius 3 is 2.06 bits per heavy atom. The van der Waals surface area contributed by atoms with E-state index in [1.165, 1.54) is 6.42 Å². The molecular weight excluding hydrogens is 200 g/mol. The van der Waals surface area contributed by atoms with Gasteiger partial charge in [0.05, 0.1) is 12.2 Å². The van der Waals surface area contributed by atoms with Crippen molar-refractivity contribution in [1.82, 2.24) is 0 Å². The molecule has 0 atom stereocenters. The fourth-order valence-electron chi connectivity index (χ4n) is 0.968. The summed E-state index contributed by atoms with van der Waals surface area (Å²) in [6.45, 7) is 8.70. The van der Waals surface area contributed by atoms with Crippen molar-refractivity contribution >= 4 is 5.97 Å². The summed E-state index contributed by atoms with van der Waals surface area (Å²) in [6, 6.07) is 7.38. The van der Waals surface area contributed by atoms with Crippen LogP contribution in [0.2, 0.25) is 0 Å². The zero-order valence-electron chi connectivity index (χ0n) is 10.7. The van der Waals surface area contributed by atoms with Crippen molar-refractivity contribution in [3.8, 4) is 0 Å². The molecule has 0 heterocycles. The molecule has 0 unspecified atom stereocenters. The van der Waals surface area contributed by atoms with Crippen molar-refractivity contribution in [3.63, 3.8) is 0 Å². The maximum Gasteiger partial charge on any atom is 0.338 e. The normalized spacial score (nSPS) is 9.00. The van der Waals surface area contributed by atoms with Gasteiger partial charge in [0.15, 0.2) is 0 Å². The zero-order valence-corrected chi connectivity index (χ0v) is 10.7. The maximum absolute atomic E-state index is 11.3. The zero-order chi connectivity index (χ0) is 12.4. The van der Waals surface area contributed by atoms with Crippen LogP contribution in [-0.4, -0.2) is 12.6 Å². The molecule has 16 heavy (non-hydrogen) atoms. The molecule has 90 valence electrons. The summed E-state index contributed by atoms with van der Waals surface area (Å²) in [4.78, 5) is 11.3. The predicted octanol–water partition coefficient (Wildman–Crippen LogP) is 3.98. The fraction of sp³-hybridized carbons (Fsp3) is 0.500. The second-order valence-corrected chi connectivity index (χ2v) is 3.71. The lowest BCUT2D eigenvalue weighted by molar-refractivity contribution is 0.0505. The largest absolute Gasteiger partial charge is 0.462 e. The Labute approximate surface area is 98.6 Å². The van der Waals surface area contributed by atoms with E-state index in [1.54, 1.807) is 12.1 Å². The van der Waals surface area contributed by atoms with Crippen LogP contribution >= 0.6 is 0 Å². The molecule has 0 saturated heterocycles. The molecule has 0 aliphatic heterocycles. The molecule has 0 fully saturated rings. The molecule has 0 saturated carbocycles. The van der Waals surface area contributed by atoms with E-state index in [0.29, 0.717) is 12.2 Å². The van der Waals surface area contributed by atoms with E-state index >= 15 is 0 Å². The summed E-state index contributed by atoms with van der Waals surface area (Å²) in [6.07, 6.45) is 2.11. The van der Waals surface area contributed by atoms with Crippen LogP contribution in [0.15, 0.2) is 24.3 Å². The van der Waals surface area contributed by atoms with Gasteiger partial charge in [-0.25, -0.2) is 4.79 Å². The average Bonchev–Trinajstić information content (AvgIpc) is 2.28. The van der Waals surface area contributed by atoms with E-state index in [-0.39, 0.29) is 5.97 Å². The highest BCUT2D eigenvalue weighted by Crippen LogP contribution is 2.04. The number of aryl methyl sites for hydroxylation is 1. The molecule has 1 aromatic carbocycles. The van der Waals surface area contributed by atoms with Gasteiger partial charge in [0.25, 0.3) is 0 Å². The first-order valence-corrected chi connectivity index (χ1v) is 5.89. The van der Waals surface area contributed by atoms with Gasteiger partial charge in [-0.2, -0.15) is 0 Å². The van der Waals surface area contributed by atoms with Gasteiger partial charge in [-0.3, -0.25) is 0 Å². The van der Waals surface area contributed by atoms with E-state index in [4.69, 9.17) is 4.74 Å². The van der Waals surface area contributed by atoms with Crippen molar-refractivity contribution in [2.75, 3.05) is 6.61 Å². The molecule has 2 nitrogen and oxygen atoms in total. The van der Waals surface area contributed by atoms with Gasteiger partial charge in [-0.15, -0.1) is 0 Å². The van der Waals surface area contributed by atoms with E-state index in [1.807, 2.05) is 26.0 Å². The van der Waals surface area contributed by atoms with E-state index < -0.39 is 0 Å². The third-order valence-corrected chi connectivity index (χ3v) is 1.72. The first-order chi connectivity index (χ1) is 7.65. The summed E-state index contributed by atoms with van der Waals surface area (Å²) in [7, 11) is 0. The Hall–Kier alpha value is -1.31. The molecular formula is C14H22O2. The third kappa shape index (κ3) is 6.23. The van der Waals surface area contributed by atoms with Crippen molar-refractivity contribution in [1.29, 1.82) is 0 Å². The highest BCUT2D eigenvalue weighted by Gasteiger charge is 2.04. The molecule has 0 bridgehead atoms. The predicted molar refractivity (Wildman–Crippen MR) is 67.7 cm³/mol. The van der Waals surface area contributed by atoms with Crippen molar-refractivity contribution < 1.29 is 9.53 Å². The molecule has 1 rings (SSSR count). The number of carbonyl (C=O) groups is 1. The van der Waals surface area contributed by atoms with Crippen LogP contribution < -0.4 is 0 Å². The lowest BCUT2D eigenvalue weighted by atomic mass is 10.1. The lowest BCUT2D eigenvalue weighted by Crippen LogP contribution is -2.05. The van der Waals surface area contributed by atoms with Gasteiger partial charge in [0.1, 0.15) is 0 Å². The average molecular weight is 222 g/mol. The SMILES string of the molecule is CCC.CCCOC(=O)c1ccc(C)cc1. The Bertz CT molecular complexity index is 288. The van der Waals surface area contributed by atoms with Crippen LogP contribution in [0.3, 0.4) is 0 Å². The Kier molecular flexibility index (Phi) is 8.22. The summed E-state index contributed by atoms with van der Waals surface area (Å²) in [5.74, 6) is -0.234. The monoisotopic (exact) mass is 222 g/mol. The molecule has 1 aromatic rings. The minimum Gasteiger partial charge on any atom is -0.462 e. The highest BCUT2D eigenvalue weighted by molar-refractivity contribution is 5.89. The summed E-state index contributed by atoms with van der Waals surface area (Å²) < 4.78 is 4.98. The molecule has 0 N–H and O–H groups in total. The standard InChI is InChI=1S/C11H14O2.C3H8/c1-3-8-13-11(12)10-6-4-9(2)5-7-10;1-3-2/h4-7H,3,8H2,1-2H3;3H2,1-2H3. The Morgan fingerprint density at radius 2 is 1.62 bits per heavy atom. The highest BCUT2D eigenvalue weighted by atomic mass is 16.5. The minimum atomic E-state index is -0.234. The van der Waals surface area contributed by atoms with Gasteiger partial charge < -0.3 is 4.74 Å². The van der Waals surface area contributed by atoms with Crippen LogP contribution in [0.25, 0.3) is 0 Å². The van der Waals surface area contributed by atoms with E-state index in [9.17, 15) is 4.79 Å². The third-order valence-electron chi connectivity index (χ3n) is 1.72. The van der Waals surface area contributed by atoms with Gasteiger partial charge in [0.2, 0.25) is 0 Å². The fourth-order valence-corrected chi connectivity index (χ4v) is 0.968. The maximum atomic E-state index is 11.3. The molecule has 0 aromatic heterocycles. The van der Waals surface area contributed by atoms with Crippen LogP contribution in [0.1, 0.15) is 49.5 Å². The number of benzene rings is 1. The first kappa shape index (κ1) is 14.7. The molecule has 0 aliphatic rings. The first-order valence-electron chi connectivity index (χ1n) is 5.89. The van der Waals surface area contributed by atoms with E-state index in [0.717, 1.165) is 12.0 Å². The van der Waals surface area contributed by atoms with Crippen LogP contribution in [-0.2, 0) is 4.74 Å². The summed E-state index contributed by atoms with van der Waals surface area (Å²) in [5, 5.41) is 0. The Morgan fingerprint density at radius 1 is 1.12 bits per heavy atom. The lowest BCUT2D eigenvalue weighted by Gasteiger charge is -2.02. The summed E-state index contributed by atoms with van der Waals surface area (Å²) in [5.41, 5.74) is 1.77. The molecule has 0 radical (unpaired) electrons. The number of hydrogen-bond acceptors (Lipinski definition) is 2. The topological polar surface area (TPSA) is 26.3 Å². The second kappa shape index (κ2) is 8.96. The van der Waals surface area contributed by atoms with Crippen LogP contribution in [0, 0.1) is 6.92 Å². The van der Waals surface area contributed by atoms with E-state index in [2.05, 4.69) is 13.8 Å². The number of ether oxygens (including phenoxy) is 1. The molecule has 2 heteroatoms. The quantitative estimate of drug-likeness (QED) is 0.723. The molecule has 0 amide bonds. The van der Waals surface area contributed by atoms with Crippen molar-refractivity contribution in [3.05, 3.63) is 35.4 Å². The van der Waals surface area contributed by atoms with Gasteiger partial charge in [0, 0.05) is 0 Å². The van der Waals surface area contributed by atoms with Crippen molar-refractivity contribution in [2.24, 2.45) is 0 Å². The smallest absolute Gasteiger partial charge is 0.338 e. The van der Waals surface area contributed by atoms with Crippen LogP contribution in [0.4, 0.5) is 0 Å². The van der Waals surface area contributed by atoms with Gasteiger partial charge in [-0.1, -0.05) is 44.9 Å². The number of rotatable bonds is 3. The number of hydrogen-bond donors (Lipinski definition) is 0. The summed E-state index contributed by atoms with van der Waals surface area (Å²) >= 11 is 0. The molecule has 0 aliphatic carbocycles. The minimum absolute atomic E-state index is 0.234. The molecule has 0 spiro atoms. The number of esters is 1.